The number of nitrogens with one attached hydrogen (secondary N) is 3. The fourth-order valence-electron chi connectivity index (χ4n) is 9.41. The first-order chi connectivity index (χ1) is 31.6. The molecule has 0 saturated carbocycles. The predicted octanol–water partition coefficient (Wildman–Crippen LogP) is 6.86. The molecule has 344 valence electrons. The van der Waals surface area contributed by atoms with E-state index >= 15 is 4.39 Å². The molecule has 2 aromatic heterocycles. The van der Waals surface area contributed by atoms with E-state index < -0.39 is 29.4 Å². The van der Waals surface area contributed by atoms with Gasteiger partial charge in [-0.15, -0.1) is 0 Å². The molecule has 6 heterocycles. The van der Waals surface area contributed by atoms with Crippen molar-refractivity contribution < 1.29 is 36.7 Å². The van der Waals surface area contributed by atoms with Crippen LogP contribution in [0.5, 0.6) is 0 Å². The zero-order valence-corrected chi connectivity index (χ0v) is 36.5. The van der Waals surface area contributed by atoms with E-state index in [0.29, 0.717) is 43.7 Å². The minimum Gasteiger partial charge on any atom is -0.372 e. The number of benzene rings is 3. The lowest BCUT2D eigenvalue weighted by molar-refractivity contribution is -0.137. The summed E-state index contributed by atoms with van der Waals surface area (Å²) in [6.07, 6.45) is -1.61. The zero-order valence-electron chi connectivity index (χ0n) is 36.5. The number of piperazine rings is 1. The van der Waals surface area contributed by atoms with Gasteiger partial charge < -0.3 is 26.2 Å². The summed E-state index contributed by atoms with van der Waals surface area (Å²) < 4.78 is 57.9. The minimum atomic E-state index is -4.66. The van der Waals surface area contributed by atoms with Crippen LogP contribution in [-0.2, 0) is 23.9 Å². The first-order valence-electron chi connectivity index (χ1n) is 22.0. The van der Waals surface area contributed by atoms with Crippen LogP contribution in [-0.4, -0.2) is 95.8 Å². The van der Waals surface area contributed by atoms with Crippen molar-refractivity contribution in [3.63, 3.8) is 0 Å². The van der Waals surface area contributed by atoms with E-state index in [2.05, 4.69) is 58.9 Å². The van der Waals surface area contributed by atoms with Gasteiger partial charge in [-0.05, 0) is 117 Å². The van der Waals surface area contributed by atoms with Crippen molar-refractivity contribution in [3.05, 3.63) is 106 Å². The molecule has 0 spiro atoms. The summed E-state index contributed by atoms with van der Waals surface area (Å²) in [5.41, 5.74) is 9.44. The SMILES string of the molecule is Cc1cc(C(F)(F)F)cc(NC(=O)c2ccc(-c3nn4c(c3C(N)=O)Nc3ccc(N5CCN(CC6CCN(c7ccc(N8CCC(=O)NC8=O)cc7)CC6)CC5)cc3CC4)c(F)c2C)n1. The summed E-state index contributed by atoms with van der Waals surface area (Å²) in [6, 6.07) is 18.0. The fourth-order valence-corrected chi connectivity index (χ4v) is 9.41. The number of hydrogen-bond donors (Lipinski definition) is 4. The van der Waals surface area contributed by atoms with Crippen LogP contribution in [0.3, 0.4) is 0 Å². The van der Waals surface area contributed by atoms with E-state index in [-0.39, 0.29) is 51.4 Å². The first kappa shape index (κ1) is 44.2. The zero-order chi connectivity index (χ0) is 46.4. The molecule has 5 amide bonds. The molecule has 0 bridgehead atoms. The van der Waals surface area contributed by atoms with Crippen molar-refractivity contribution in [3.8, 4) is 11.3 Å². The normalized spacial score (nSPS) is 17.2. The predicted molar refractivity (Wildman–Crippen MR) is 242 cm³/mol. The van der Waals surface area contributed by atoms with E-state index in [1.165, 1.54) is 26.0 Å². The van der Waals surface area contributed by atoms with Gasteiger partial charge >= 0.3 is 12.2 Å². The molecule has 3 fully saturated rings. The Hall–Kier alpha value is -7.02. The quantitative estimate of drug-likeness (QED) is 0.115. The van der Waals surface area contributed by atoms with Crippen molar-refractivity contribution in [2.75, 3.05) is 77.7 Å². The monoisotopic (exact) mass is 907 g/mol. The highest BCUT2D eigenvalue weighted by Gasteiger charge is 2.33. The Labute approximate surface area is 377 Å². The number of imide groups is 1. The maximum absolute atomic E-state index is 16.2. The summed E-state index contributed by atoms with van der Waals surface area (Å²) in [6.45, 7) is 10.1. The Kier molecular flexibility index (Phi) is 11.9. The van der Waals surface area contributed by atoms with Gasteiger partial charge in [-0.2, -0.15) is 18.3 Å². The van der Waals surface area contributed by atoms with E-state index in [0.717, 1.165) is 93.0 Å². The highest BCUT2D eigenvalue weighted by molar-refractivity contribution is 6.07. The van der Waals surface area contributed by atoms with Gasteiger partial charge in [-0.3, -0.25) is 29.5 Å². The number of aromatic nitrogens is 3. The number of amides is 5. The maximum atomic E-state index is 16.2. The van der Waals surface area contributed by atoms with Crippen LogP contribution in [0.25, 0.3) is 11.3 Å². The lowest BCUT2D eigenvalue weighted by Gasteiger charge is -2.40. The standard InChI is InChI=1S/C47H49F4N11O4/c1-27-23-31(47(49,50)51)25-38(53-27)55-45(65)35-8-9-36(41(48)28(35)2)42-40(43(52)64)44-54-37-10-7-34(24-30(37)13-18-62(44)57-42)60-21-19-58(20-22-60)26-29-11-15-59(16-12-29)32-3-5-33(6-4-32)61-17-14-39(63)56-46(61)66/h3-10,23-25,29,54H,11-22,26H2,1-2H3,(H2,52,64)(H,53,55,65)(H,56,63,66). The average molecular weight is 908 g/mol. The van der Waals surface area contributed by atoms with Crippen LogP contribution in [0.15, 0.2) is 66.7 Å². The van der Waals surface area contributed by atoms with E-state index in [1.807, 2.05) is 24.3 Å². The molecule has 9 rings (SSSR count). The number of primary amides is 1. The number of fused-ring (bicyclic) bond motifs is 2. The second kappa shape index (κ2) is 17.8. The number of nitrogens with two attached hydrogens (primary N) is 1. The van der Waals surface area contributed by atoms with Gasteiger partial charge in [-0.25, -0.2) is 18.9 Å². The molecule has 66 heavy (non-hydrogen) atoms. The van der Waals surface area contributed by atoms with Crippen molar-refractivity contribution in [1.82, 2.24) is 25.0 Å². The van der Waals surface area contributed by atoms with Crippen LogP contribution in [0.2, 0.25) is 0 Å². The molecule has 5 aromatic rings. The largest absolute Gasteiger partial charge is 0.416 e. The Morgan fingerprint density at radius 2 is 1.52 bits per heavy atom. The van der Waals surface area contributed by atoms with Crippen LogP contribution < -0.4 is 36.4 Å². The topological polar surface area (TPSA) is 174 Å². The number of pyridine rings is 1. The van der Waals surface area contributed by atoms with Crippen molar-refractivity contribution in [1.29, 1.82) is 0 Å². The molecule has 0 aliphatic carbocycles. The van der Waals surface area contributed by atoms with Gasteiger partial charge in [-0.1, -0.05) is 0 Å². The molecule has 15 nitrogen and oxygen atoms in total. The average Bonchev–Trinajstić information content (AvgIpc) is 3.55. The van der Waals surface area contributed by atoms with Crippen molar-refractivity contribution in [2.24, 2.45) is 11.7 Å². The van der Waals surface area contributed by atoms with Crippen LogP contribution in [0, 0.1) is 25.6 Å². The molecule has 0 unspecified atom stereocenters. The van der Waals surface area contributed by atoms with E-state index in [4.69, 9.17) is 5.73 Å². The highest BCUT2D eigenvalue weighted by Crippen LogP contribution is 2.38. The van der Waals surface area contributed by atoms with Gasteiger partial charge in [0, 0.05) is 105 Å². The molecule has 3 aromatic carbocycles. The van der Waals surface area contributed by atoms with Gasteiger partial charge in [0.25, 0.3) is 11.8 Å². The Morgan fingerprint density at radius 3 is 2.21 bits per heavy atom. The number of carbonyl (C=O) groups excluding carboxylic acids is 4. The van der Waals surface area contributed by atoms with Crippen LogP contribution in [0.4, 0.5) is 56.7 Å². The van der Waals surface area contributed by atoms with Crippen molar-refractivity contribution in [2.45, 2.75) is 52.3 Å². The first-order valence-corrected chi connectivity index (χ1v) is 22.0. The summed E-state index contributed by atoms with van der Waals surface area (Å²) in [5, 5.41) is 12.7. The number of carbonyl (C=O) groups is 4. The third-order valence-electron chi connectivity index (χ3n) is 13.0. The number of hydrogen-bond acceptors (Lipinski definition) is 10. The number of aryl methyl sites for hydroxylation is 3. The molecule has 0 radical (unpaired) electrons. The Morgan fingerprint density at radius 1 is 0.818 bits per heavy atom. The van der Waals surface area contributed by atoms with E-state index in [1.54, 1.807) is 9.58 Å². The summed E-state index contributed by atoms with van der Waals surface area (Å²) >= 11 is 0. The second-order valence-electron chi connectivity index (χ2n) is 17.3. The molecular weight excluding hydrogens is 859 g/mol. The third kappa shape index (κ3) is 8.98. The molecule has 3 saturated heterocycles. The number of alkyl halides is 3. The Bertz CT molecular complexity index is 2720. The van der Waals surface area contributed by atoms with Gasteiger partial charge in [0.05, 0.1) is 5.56 Å². The number of piperidine rings is 1. The van der Waals surface area contributed by atoms with Crippen LogP contribution >= 0.6 is 0 Å². The number of rotatable bonds is 9. The minimum absolute atomic E-state index is 0.00643. The lowest BCUT2D eigenvalue weighted by Crippen LogP contribution is -2.49. The Balaban J connectivity index is 0.808. The summed E-state index contributed by atoms with van der Waals surface area (Å²) in [4.78, 5) is 62.9. The lowest BCUT2D eigenvalue weighted by atomic mass is 9.95. The summed E-state index contributed by atoms with van der Waals surface area (Å²) in [5.74, 6) is -2.19. The molecule has 4 aliphatic heterocycles. The van der Waals surface area contributed by atoms with Crippen LogP contribution in [0.1, 0.15) is 62.4 Å². The fraction of sp³-hybridized carbons (Fsp3) is 0.362. The second-order valence-corrected chi connectivity index (χ2v) is 17.3. The molecular formula is C47H49F4N11O4. The molecule has 5 N–H and O–H groups in total. The van der Waals surface area contributed by atoms with Gasteiger partial charge in [0.15, 0.2) is 0 Å². The maximum Gasteiger partial charge on any atom is 0.416 e. The number of nitrogens with zero attached hydrogens (tertiary/aromatic N) is 7. The van der Waals surface area contributed by atoms with Crippen molar-refractivity contribution >= 4 is 58.1 Å². The number of anilines is 6. The van der Waals surface area contributed by atoms with Gasteiger partial charge in [0.2, 0.25) is 5.91 Å². The summed E-state index contributed by atoms with van der Waals surface area (Å²) in [7, 11) is 0. The smallest absolute Gasteiger partial charge is 0.372 e. The highest BCUT2D eigenvalue weighted by atomic mass is 19.4. The number of halogens is 4. The van der Waals surface area contributed by atoms with E-state index in [9.17, 15) is 32.3 Å². The van der Waals surface area contributed by atoms with Gasteiger partial charge in [0.1, 0.15) is 28.7 Å². The molecule has 19 heteroatoms. The molecule has 4 aliphatic rings. The number of urea groups is 1. The third-order valence-corrected chi connectivity index (χ3v) is 13.0. The molecule has 0 atom stereocenters.